The molecule has 7 nitrogen and oxygen atoms in total. The maximum absolute atomic E-state index is 12.2. The SMILES string of the molecule is CNS(=O)(=O)N1CCN(C(=O)CC2CCCCO2)CC1. The quantitative estimate of drug-likeness (QED) is 0.763. The first-order valence-corrected chi connectivity index (χ1v) is 8.55. The molecule has 0 bridgehead atoms. The summed E-state index contributed by atoms with van der Waals surface area (Å²) >= 11 is 0. The molecule has 2 fully saturated rings. The Morgan fingerprint density at radius 3 is 2.50 bits per heavy atom. The molecule has 1 unspecified atom stereocenters. The molecule has 0 aromatic rings. The molecule has 1 N–H and O–H groups in total. The minimum atomic E-state index is -3.38. The molecule has 1 atom stereocenters. The van der Waals surface area contributed by atoms with Crippen molar-refractivity contribution < 1.29 is 17.9 Å². The monoisotopic (exact) mass is 305 g/mol. The summed E-state index contributed by atoms with van der Waals surface area (Å²) in [5.74, 6) is 0.0680. The van der Waals surface area contributed by atoms with E-state index in [0.29, 0.717) is 32.6 Å². The van der Waals surface area contributed by atoms with Crippen LogP contribution in [0.2, 0.25) is 0 Å². The lowest BCUT2D eigenvalue weighted by Crippen LogP contribution is -2.53. The summed E-state index contributed by atoms with van der Waals surface area (Å²) in [5.41, 5.74) is 0. The summed E-state index contributed by atoms with van der Waals surface area (Å²) in [6.45, 7) is 2.34. The van der Waals surface area contributed by atoms with Crippen LogP contribution in [-0.4, -0.2) is 69.5 Å². The molecule has 0 saturated carbocycles. The van der Waals surface area contributed by atoms with Crippen LogP contribution in [0.5, 0.6) is 0 Å². The van der Waals surface area contributed by atoms with E-state index < -0.39 is 10.2 Å². The molecular weight excluding hydrogens is 282 g/mol. The van der Waals surface area contributed by atoms with Gasteiger partial charge in [0.1, 0.15) is 0 Å². The van der Waals surface area contributed by atoms with Gasteiger partial charge in [0.05, 0.1) is 12.5 Å². The topological polar surface area (TPSA) is 79.0 Å². The van der Waals surface area contributed by atoms with Gasteiger partial charge in [-0.25, -0.2) is 4.72 Å². The molecule has 1 amide bonds. The first kappa shape index (κ1) is 15.7. The highest BCUT2D eigenvalue weighted by atomic mass is 32.2. The molecule has 8 heteroatoms. The molecule has 20 heavy (non-hydrogen) atoms. The van der Waals surface area contributed by atoms with Crippen LogP contribution >= 0.6 is 0 Å². The van der Waals surface area contributed by atoms with E-state index in [1.807, 2.05) is 0 Å². The van der Waals surface area contributed by atoms with E-state index in [9.17, 15) is 13.2 Å². The number of carbonyl (C=O) groups is 1. The van der Waals surface area contributed by atoms with E-state index in [0.717, 1.165) is 25.9 Å². The molecular formula is C12H23N3O4S. The Bertz CT molecular complexity index is 426. The number of piperazine rings is 1. The van der Waals surface area contributed by atoms with Crippen LogP contribution in [0.15, 0.2) is 0 Å². The van der Waals surface area contributed by atoms with Crippen molar-refractivity contribution in [3.05, 3.63) is 0 Å². The van der Waals surface area contributed by atoms with E-state index in [4.69, 9.17) is 4.74 Å². The molecule has 2 saturated heterocycles. The van der Waals surface area contributed by atoms with Crippen molar-refractivity contribution >= 4 is 16.1 Å². The zero-order chi connectivity index (χ0) is 14.6. The van der Waals surface area contributed by atoms with Crippen LogP contribution in [0.3, 0.4) is 0 Å². The molecule has 0 aliphatic carbocycles. The van der Waals surface area contributed by atoms with Crippen molar-refractivity contribution in [1.82, 2.24) is 13.9 Å². The predicted molar refractivity (Wildman–Crippen MR) is 74.3 cm³/mol. The fourth-order valence-corrected chi connectivity index (χ4v) is 3.50. The highest BCUT2D eigenvalue weighted by Crippen LogP contribution is 2.17. The van der Waals surface area contributed by atoms with Crippen LogP contribution in [0, 0.1) is 0 Å². The summed E-state index contributed by atoms with van der Waals surface area (Å²) in [5, 5.41) is 0. The van der Waals surface area contributed by atoms with Crippen LogP contribution in [0.4, 0.5) is 0 Å². The summed E-state index contributed by atoms with van der Waals surface area (Å²) < 4.78 is 32.5. The summed E-state index contributed by atoms with van der Waals surface area (Å²) in [4.78, 5) is 13.9. The van der Waals surface area contributed by atoms with Crippen molar-refractivity contribution in [3.63, 3.8) is 0 Å². The van der Waals surface area contributed by atoms with Crippen molar-refractivity contribution in [2.24, 2.45) is 0 Å². The predicted octanol–water partition coefficient (Wildman–Crippen LogP) is -0.446. The second-order valence-electron chi connectivity index (χ2n) is 5.18. The Morgan fingerprint density at radius 1 is 1.25 bits per heavy atom. The van der Waals surface area contributed by atoms with E-state index >= 15 is 0 Å². The Labute approximate surface area is 120 Å². The zero-order valence-electron chi connectivity index (χ0n) is 11.9. The number of hydrogen-bond donors (Lipinski definition) is 1. The second kappa shape index (κ2) is 6.84. The maximum atomic E-state index is 12.2. The number of amides is 1. The number of nitrogens with one attached hydrogen (secondary N) is 1. The lowest BCUT2D eigenvalue weighted by molar-refractivity contribution is -0.136. The van der Waals surface area contributed by atoms with Crippen LogP contribution < -0.4 is 4.72 Å². The van der Waals surface area contributed by atoms with Crippen LogP contribution in [0.1, 0.15) is 25.7 Å². The molecule has 0 radical (unpaired) electrons. The molecule has 2 rings (SSSR count). The minimum Gasteiger partial charge on any atom is -0.378 e. The van der Waals surface area contributed by atoms with Gasteiger partial charge >= 0.3 is 0 Å². The van der Waals surface area contributed by atoms with E-state index in [1.54, 1.807) is 4.90 Å². The number of hydrogen-bond acceptors (Lipinski definition) is 4. The molecule has 0 spiro atoms. The number of nitrogens with zero attached hydrogens (tertiary/aromatic N) is 2. The summed E-state index contributed by atoms with van der Waals surface area (Å²) in [6, 6.07) is 0. The molecule has 2 aliphatic rings. The van der Waals surface area contributed by atoms with Crippen molar-refractivity contribution in [3.8, 4) is 0 Å². The van der Waals surface area contributed by atoms with Gasteiger partial charge in [0.15, 0.2) is 0 Å². The molecule has 0 aromatic carbocycles. The van der Waals surface area contributed by atoms with Gasteiger partial charge in [-0.2, -0.15) is 12.7 Å². The fourth-order valence-electron chi connectivity index (χ4n) is 2.60. The third-order valence-corrected chi connectivity index (χ3v) is 5.43. The Morgan fingerprint density at radius 2 is 1.95 bits per heavy atom. The second-order valence-corrected chi connectivity index (χ2v) is 7.06. The normalized spacial score (nSPS) is 25.6. The lowest BCUT2D eigenvalue weighted by atomic mass is 10.1. The third kappa shape index (κ3) is 3.91. The Hall–Kier alpha value is -0.700. The number of carbonyl (C=O) groups excluding carboxylic acids is 1. The number of rotatable bonds is 4. The third-order valence-electron chi connectivity index (χ3n) is 3.87. The minimum absolute atomic E-state index is 0.0373. The highest BCUT2D eigenvalue weighted by Gasteiger charge is 2.29. The van der Waals surface area contributed by atoms with Gasteiger partial charge in [0.2, 0.25) is 5.91 Å². The van der Waals surface area contributed by atoms with Gasteiger partial charge in [0, 0.05) is 39.8 Å². The zero-order valence-corrected chi connectivity index (χ0v) is 12.7. The van der Waals surface area contributed by atoms with E-state index in [1.165, 1.54) is 11.4 Å². The maximum Gasteiger partial charge on any atom is 0.279 e. The largest absolute Gasteiger partial charge is 0.378 e. The Kier molecular flexibility index (Phi) is 5.36. The van der Waals surface area contributed by atoms with E-state index in [-0.39, 0.29) is 12.0 Å². The molecule has 0 aromatic heterocycles. The fraction of sp³-hybridized carbons (Fsp3) is 0.917. The van der Waals surface area contributed by atoms with Gasteiger partial charge in [-0.05, 0) is 19.3 Å². The first-order chi connectivity index (χ1) is 9.53. The average Bonchev–Trinajstić information content (AvgIpc) is 2.48. The summed E-state index contributed by atoms with van der Waals surface area (Å²) in [6.07, 6.45) is 3.59. The highest BCUT2D eigenvalue weighted by molar-refractivity contribution is 7.87. The van der Waals surface area contributed by atoms with Gasteiger partial charge in [-0.3, -0.25) is 4.79 Å². The summed E-state index contributed by atoms with van der Waals surface area (Å²) in [7, 11) is -1.98. The van der Waals surface area contributed by atoms with Gasteiger partial charge < -0.3 is 9.64 Å². The van der Waals surface area contributed by atoms with Crippen molar-refractivity contribution in [2.45, 2.75) is 31.8 Å². The Balaban J connectivity index is 1.79. The number of ether oxygens (including phenoxy) is 1. The molecule has 116 valence electrons. The van der Waals surface area contributed by atoms with Crippen LogP contribution in [0.25, 0.3) is 0 Å². The molecule has 2 aliphatic heterocycles. The first-order valence-electron chi connectivity index (χ1n) is 7.11. The smallest absolute Gasteiger partial charge is 0.279 e. The van der Waals surface area contributed by atoms with Gasteiger partial charge in [0.25, 0.3) is 10.2 Å². The van der Waals surface area contributed by atoms with E-state index in [2.05, 4.69) is 4.72 Å². The van der Waals surface area contributed by atoms with Gasteiger partial charge in [-0.1, -0.05) is 0 Å². The van der Waals surface area contributed by atoms with Crippen molar-refractivity contribution in [1.29, 1.82) is 0 Å². The standard InChI is InChI=1S/C12H23N3O4S/c1-13-20(17,18)15-7-5-14(6-8-15)12(16)10-11-4-2-3-9-19-11/h11,13H,2-10H2,1H3. The lowest BCUT2D eigenvalue weighted by Gasteiger charge is -2.34. The van der Waals surface area contributed by atoms with Gasteiger partial charge in [-0.15, -0.1) is 0 Å². The molecule has 2 heterocycles. The van der Waals surface area contributed by atoms with Crippen LogP contribution in [-0.2, 0) is 19.7 Å². The average molecular weight is 305 g/mol. The van der Waals surface area contributed by atoms with Crippen molar-refractivity contribution in [2.75, 3.05) is 39.8 Å².